The topological polar surface area (TPSA) is 20.2 Å². The average Bonchev–Trinajstić information content (AvgIpc) is 1.33. The SMILES string of the molecule is CCCCc1cc2sc3ccccc3c2cc1-c1cc(-c2ccccc2)cc2c1Nc1cc(C(C)(C)C)cc3c1B2c1ccc(-n2c4ccccc4c4ccccc42)cc1N3c1c(-c2ccccc2)cc(-c2ccccc2)cc1-c1ccccc1. The van der Waals surface area contributed by atoms with E-state index in [2.05, 4.69) is 303 Å². The van der Waals surface area contributed by atoms with Crippen LogP contribution in [0.4, 0.5) is 28.4 Å². The number of aryl methyl sites for hydroxylation is 1. The number of rotatable bonds is 10. The molecule has 0 fully saturated rings. The number of nitrogens with one attached hydrogen (secondary N) is 1. The minimum Gasteiger partial charge on any atom is -0.356 e. The summed E-state index contributed by atoms with van der Waals surface area (Å²) in [6, 6.07) is 98.4. The van der Waals surface area contributed by atoms with Gasteiger partial charge >= 0.3 is 0 Å². The molecule has 5 heteroatoms. The predicted molar refractivity (Wildman–Crippen MR) is 367 cm³/mol. The fraction of sp³-hybridized carbons (Fsp3) is 0.100. The van der Waals surface area contributed by atoms with Gasteiger partial charge in [0.05, 0.1) is 16.7 Å². The molecular weight excluding hydrogens is 1050 g/mol. The molecule has 4 heterocycles. The van der Waals surface area contributed by atoms with Crippen LogP contribution in [0, 0.1) is 0 Å². The first-order valence-electron chi connectivity index (χ1n) is 30.2. The number of unbranched alkanes of at least 4 members (excludes halogenated alkanes) is 1. The number of anilines is 5. The van der Waals surface area contributed by atoms with Gasteiger partial charge in [-0.05, 0) is 158 Å². The molecule has 0 saturated carbocycles. The number of fused-ring (bicyclic) bond motifs is 10. The number of thiophene rings is 1. The summed E-state index contributed by atoms with van der Waals surface area (Å²) in [7, 11) is 0. The zero-order valence-electron chi connectivity index (χ0n) is 48.3. The molecule has 12 aromatic carbocycles. The molecule has 0 radical (unpaired) electrons. The maximum atomic E-state index is 4.37. The maximum Gasteiger partial charge on any atom is 0.252 e. The molecule has 85 heavy (non-hydrogen) atoms. The number of aromatic nitrogens is 1. The van der Waals surface area contributed by atoms with Crippen molar-refractivity contribution >= 4 is 105 Å². The van der Waals surface area contributed by atoms with Gasteiger partial charge in [-0.2, -0.15) is 0 Å². The third-order valence-electron chi connectivity index (χ3n) is 18.1. The van der Waals surface area contributed by atoms with E-state index in [0.717, 1.165) is 64.3 Å². The molecule has 2 aliphatic heterocycles. The highest BCUT2D eigenvalue weighted by molar-refractivity contribution is 7.25. The van der Waals surface area contributed by atoms with E-state index in [-0.39, 0.29) is 12.1 Å². The summed E-state index contributed by atoms with van der Waals surface area (Å²) in [5.74, 6) is 0. The van der Waals surface area contributed by atoms with Crippen LogP contribution in [0.15, 0.2) is 261 Å². The van der Waals surface area contributed by atoms with Gasteiger partial charge < -0.3 is 14.8 Å². The monoisotopic (exact) mass is 1110 g/mol. The van der Waals surface area contributed by atoms with Crippen LogP contribution in [0.25, 0.3) is 103 Å². The third kappa shape index (κ3) is 8.46. The molecule has 406 valence electrons. The summed E-state index contributed by atoms with van der Waals surface area (Å²) < 4.78 is 5.17. The lowest BCUT2D eigenvalue weighted by Gasteiger charge is -2.43. The van der Waals surface area contributed by atoms with E-state index in [0.29, 0.717) is 0 Å². The molecule has 14 aromatic rings. The van der Waals surface area contributed by atoms with Crippen molar-refractivity contribution in [1.82, 2.24) is 4.57 Å². The molecular formula is C80H62BN3S. The molecule has 2 aliphatic rings. The molecule has 2 aromatic heterocycles. The van der Waals surface area contributed by atoms with Gasteiger partial charge in [0.2, 0.25) is 0 Å². The Labute approximate surface area is 502 Å². The van der Waals surface area contributed by atoms with Crippen molar-refractivity contribution in [2.45, 2.75) is 52.4 Å². The van der Waals surface area contributed by atoms with Crippen molar-refractivity contribution in [3.05, 3.63) is 272 Å². The highest BCUT2D eigenvalue weighted by Gasteiger charge is 2.44. The first-order chi connectivity index (χ1) is 41.8. The van der Waals surface area contributed by atoms with E-state index in [1.165, 1.54) is 114 Å². The summed E-state index contributed by atoms with van der Waals surface area (Å²) in [4.78, 5) is 2.68. The van der Waals surface area contributed by atoms with Crippen molar-refractivity contribution in [1.29, 1.82) is 0 Å². The Kier molecular flexibility index (Phi) is 12.2. The summed E-state index contributed by atoms with van der Waals surface area (Å²) in [5, 5.41) is 9.50. The zero-order valence-corrected chi connectivity index (χ0v) is 49.1. The fourth-order valence-corrected chi connectivity index (χ4v) is 15.1. The average molecular weight is 1110 g/mol. The fourth-order valence-electron chi connectivity index (χ4n) is 14.0. The smallest absolute Gasteiger partial charge is 0.252 e. The molecule has 0 aliphatic carbocycles. The molecule has 0 saturated heterocycles. The Morgan fingerprint density at radius 2 is 0.988 bits per heavy atom. The summed E-state index contributed by atoms with van der Waals surface area (Å²) in [5.41, 5.74) is 27.5. The minimum absolute atomic E-state index is 0.148. The predicted octanol–water partition coefficient (Wildman–Crippen LogP) is 20.5. The Morgan fingerprint density at radius 1 is 0.435 bits per heavy atom. The van der Waals surface area contributed by atoms with Gasteiger partial charge in [0.25, 0.3) is 6.71 Å². The van der Waals surface area contributed by atoms with Crippen molar-refractivity contribution in [2.75, 3.05) is 10.2 Å². The van der Waals surface area contributed by atoms with Crippen LogP contribution < -0.4 is 26.6 Å². The second-order valence-corrected chi connectivity index (χ2v) is 25.4. The Hall–Kier alpha value is -9.68. The molecule has 1 N–H and O–H groups in total. The number of benzene rings is 12. The lowest BCUT2D eigenvalue weighted by molar-refractivity contribution is 0.591. The lowest BCUT2D eigenvalue weighted by Crippen LogP contribution is -2.60. The summed E-state index contributed by atoms with van der Waals surface area (Å²) in [6.07, 6.45) is 3.23. The van der Waals surface area contributed by atoms with Crippen molar-refractivity contribution < 1.29 is 0 Å². The van der Waals surface area contributed by atoms with Crippen LogP contribution in [0.5, 0.6) is 0 Å². The molecule has 0 spiro atoms. The van der Waals surface area contributed by atoms with Crippen LogP contribution in [0.1, 0.15) is 51.7 Å². The van der Waals surface area contributed by atoms with Gasteiger partial charge in [-0.1, -0.05) is 222 Å². The van der Waals surface area contributed by atoms with Crippen molar-refractivity contribution in [3.8, 4) is 61.3 Å². The Morgan fingerprint density at radius 3 is 1.60 bits per heavy atom. The summed E-state index contributed by atoms with van der Waals surface area (Å²) in [6.45, 7) is 9.28. The second kappa shape index (κ2) is 20.3. The van der Waals surface area contributed by atoms with E-state index in [9.17, 15) is 0 Å². The number of nitrogens with zero attached hydrogens (tertiary/aromatic N) is 2. The number of hydrogen-bond donors (Lipinski definition) is 1. The van der Waals surface area contributed by atoms with Gasteiger partial charge in [0, 0.05) is 76.1 Å². The Bertz CT molecular complexity index is 4820. The minimum atomic E-state index is -0.209. The first-order valence-corrected chi connectivity index (χ1v) is 31.0. The van der Waals surface area contributed by atoms with E-state index >= 15 is 0 Å². The molecule has 0 amide bonds. The van der Waals surface area contributed by atoms with E-state index in [4.69, 9.17) is 0 Å². The maximum absolute atomic E-state index is 4.37. The molecule has 0 unspecified atom stereocenters. The van der Waals surface area contributed by atoms with Crippen LogP contribution in [-0.2, 0) is 11.8 Å². The largest absolute Gasteiger partial charge is 0.356 e. The summed E-state index contributed by atoms with van der Waals surface area (Å²) >= 11 is 1.92. The zero-order chi connectivity index (χ0) is 56.9. The Balaban J connectivity index is 1.05. The van der Waals surface area contributed by atoms with Gasteiger partial charge in [-0.15, -0.1) is 11.3 Å². The van der Waals surface area contributed by atoms with E-state index in [1.54, 1.807) is 0 Å². The molecule has 16 rings (SSSR count). The normalized spacial score (nSPS) is 12.7. The number of hydrogen-bond acceptors (Lipinski definition) is 3. The standard InChI is InChI=1S/C80H62BN3S/c1-5-6-25-55-46-76-66(62-36-21-24-39-75(62)85-76)50-63(55)67-44-57(52-28-13-8-14-29-52)45-69-78(67)82-70-47-58(80(2,3)4)48-74-77(70)81(69)68-41-40-59(83-71-37-22-19-34-60(71)61-35-20-23-38-72(61)83)49-73(68)84(74)79-64(53-30-15-9-16-31-53)42-56(51-26-11-7-12-27-51)43-65(79)54-32-17-10-18-33-54/h7-24,26-50,82H,5-6,25H2,1-4H3. The molecule has 0 bridgehead atoms. The van der Waals surface area contributed by atoms with E-state index < -0.39 is 0 Å². The van der Waals surface area contributed by atoms with Gasteiger partial charge in [-0.25, -0.2) is 0 Å². The van der Waals surface area contributed by atoms with Gasteiger partial charge in [0.15, 0.2) is 0 Å². The van der Waals surface area contributed by atoms with Crippen molar-refractivity contribution in [2.24, 2.45) is 0 Å². The van der Waals surface area contributed by atoms with Gasteiger partial charge in [0.1, 0.15) is 0 Å². The molecule has 0 atom stereocenters. The highest BCUT2D eigenvalue weighted by Crippen LogP contribution is 2.53. The lowest BCUT2D eigenvalue weighted by atomic mass is 9.33. The second-order valence-electron chi connectivity index (χ2n) is 24.3. The highest BCUT2D eigenvalue weighted by atomic mass is 32.1. The van der Waals surface area contributed by atoms with Crippen LogP contribution >= 0.6 is 11.3 Å². The first kappa shape index (κ1) is 51.0. The van der Waals surface area contributed by atoms with Crippen LogP contribution in [-0.4, -0.2) is 11.3 Å². The molecule has 3 nitrogen and oxygen atoms in total. The van der Waals surface area contributed by atoms with Gasteiger partial charge in [-0.3, -0.25) is 0 Å². The van der Waals surface area contributed by atoms with Crippen molar-refractivity contribution in [3.63, 3.8) is 0 Å². The third-order valence-corrected chi connectivity index (χ3v) is 19.2. The number of para-hydroxylation sites is 2. The van der Waals surface area contributed by atoms with E-state index in [1.807, 2.05) is 11.3 Å². The quantitative estimate of drug-likeness (QED) is 0.138. The van der Waals surface area contributed by atoms with Crippen LogP contribution in [0.3, 0.4) is 0 Å². The van der Waals surface area contributed by atoms with Crippen LogP contribution in [0.2, 0.25) is 0 Å².